The minimum absolute atomic E-state index is 0. The summed E-state index contributed by atoms with van der Waals surface area (Å²) < 4.78 is 5.22. The molecule has 1 amide bonds. The van der Waals surface area contributed by atoms with Crippen LogP contribution in [0.15, 0.2) is 18.3 Å². The number of rotatable bonds is 6. The predicted molar refractivity (Wildman–Crippen MR) is 97.8 cm³/mol. The second-order valence-corrected chi connectivity index (χ2v) is 6.24. The third-order valence-electron chi connectivity index (χ3n) is 3.82. The number of methoxy groups -OCH3 is 1. The summed E-state index contributed by atoms with van der Waals surface area (Å²) in [5.74, 6) is 2.66. The Morgan fingerprint density at radius 3 is 2.74 bits per heavy atom. The molecule has 6 nitrogen and oxygen atoms in total. The van der Waals surface area contributed by atoms with Gasteiger partial charge in [-0.2, -0.15) is 11.8 Å². The van der Waals surface area contributed by atoms with Crippen molar-refractivity contribution in [3.05, 3.63) is 18.3 Å². The van der Waals surface area contributed by atoms with E-state index in [-0.39, 0.29) is 24.4 Å². The van der Waals surface area contributed by atoms with Crippen molar-refractivity contribution >= 4 is 35.9 Å². The summed E-state index contributed by atoms with van der Waals surface area (Å²) in [6.07, 6.45) is 4.50. The van der Waals surface area contributed by atoms with Crippen LogP contribution in [-0.2, 0) is 4.79 Å². The van der Waals surface area contributed by atoms with Crippen LogP contribution < -0.4 is 15.4 Å². The fraction of sp³-hybridized carbons (Fsp3) is 0.600. The number of carbonyl (C=O) groups is 1. The predicted octanol–water partition coefficient (Wildman–Crippen LogP) is 1.24. The molecule has 0 aliphatic carbocycles. The third kappa shape index (κ3) is 5.44. The molecule has 23 heavy (non-hydrogen) atoms. The number of hydrogen-bond acceptors (Lipinski definition) is 6. The maximum absolute atomic E-state index is 12.3. The van der Waals surface area contributed by atoms with E-state index >= 15 is 0 Å². The maximum atomic E-state index is 12.3. The molecule has 0 aromatic carbocycles. The van der Waals surface area contributed by atoms with E-state index in [1.165, 1.54) is 0 Å². The summed E-state index contributed by atoms with van der Waals surface area (Å²) in [6, 6.07) is 3.37. The van der Waals surface area contributed by atoms with E-state index in [0.29, 0.717) is 13.1 Å². The highest BCUT2D eigenvalue weighted by molar-refractivity contribution is 7.98. The van der Waals surface area contributed by atoms with Crippen LogP contribution in [0.4, 0.5) is 5.82 Å². The monoisotopic (exact) mass is 360 g/mol. The van der Waals surface area contributed by atoms with Crippen LogP contribution in [0, 0.1) is 0 Å². The van der Waals surface area contributed by atoms with Crippen LogP contribution in [0.2, 0.25) is 0 Å². The van der Waals surface area contributed by atoms with E-state index in [1.807, 2.05) is 23.3 Å². The number of anilines is 1. The van der Waals surface area contributed by atoms with Crippen molar-refractivity contribution in [2.45, 2.75) is 12.5 Å². The molecular weight excluding hydrogens is 336 g/mol. The summed E-state index contributed by atoms with van der Waals surface area (Å²) in [6.45, 7) is 2.90. The number of amides is 1. The first-order valence-corrected chi connectivity index (χ1v) is 8.83. The van der Waals surface area contributed by atoms with Crippen LogP contribution in [0.1, 0.15) is 6.42 Å². The average molecular weight is 361 g/mol. The lowest BCUT2D eigenvalue weighted by atomic mass is 10.2. The molecule has 2 heterocycles. The maximum Gasteiger partial charge on any atom is 0.239 e. The van der Waals surface area contributed by atoms with Gasteiger partial charge in [0.15, 0.2) is 0 Å². The highest BCUT2D eigenvalue weighted by atomic mass is 35.5. The van der Waals surface area contributed by atoms with Crippen LogP contribution >= 0.6 is 24.2 Å². The summed E-state index contributed by atoms with van der Waals surface area (Å²) >= 11 is 1.72. The van der Waals surface area contributed by atoms with Gasteiger partial charge in [-0.05, 0) is 24.5 Å². The molecule has 0 spiro atoms. The second kappa shape index (κ2) is 9.85. The number of hydrogen-bond donors (Lipinski definition) is 1. The minimum atomic E-state index is -0.381. The molecule has 1 saturated heterocycles. The Bertz CT molecular complexity index is 498. The van der Waals surface area contributed by atoms with E-state index in [9.17, 15) is 4.79 Å². The number of aromatic nitrogens is 1. The smallest absolute Gasteiger partial charge is 0.239 e. The molecule has 1 aliphatic heterocycles. The van der Waals surface area contributed by atoms with E-state index in [1.54, 1.807) is 25.1 Å². The number of nitrogens with two attached hydrogens (primary N) is 1. The van der Waals surface area contributed by atoms with Crippen molar-refractivity contribution < 1.29 is 9.53 Å². The van der Waals surface area contributed by atoms with E-state index < -0.39 is 0 Å². The Morgan fingerprint density at radius 1 is 1.43 bits per heavy atom. The van der Waals surface area contributed by atoms with Gasteiger partial charge in [-0.25, -0.2) is 4.98 Å². The topological polar surface area (TPSA) is 71.7 Å². The van der Waals surface area contributed by atoms with E-state index in [4.69, 9.17) is 10.5 Å². The second-order valence-electron chi connectivity index (χ2n) is 5.25. The van der Waals surface area contributed by atoms with Crippen LogP contribution in [0.25, 0.3) is 0 Å². The van der Waals surface area contributed by atoms with Crippen molar-refractivity contribution in [1.82, 2.24) is 9.88 Å². The molecule has 0 unspecified atom stereocenters. The van der Waals surface area contributed by atoms with Gasteiger partial charge in [-0.3, -0.25) is 4.79 Å². The lowest BCUT2D eigenvalue weighted by Crippen LogP contribution is -2.53. The quantitative estimate of drug-likeness (QED) is 0.823. The van der Waals surface area contributed by atoms with Crippen LogP contribution in [-0.4, -0.2) is 67.1 Å². The molecule has 130 valence electrons. The molecule has 1 atom stereocenters. The van der Waals surface area contributed by atoms with Gasteiger partial charge in [-0.15, -0.1) is 12.4 Å². The molecule has 2 N–H and O–H groups in total. The van der Waals surface area contributed by atoms with Crippen LogP contribution in [0.5, 0.6) is 5.75 Å². The van der Waals surface area contributed by atoms with Gasteiger partial charge in [0.2, 0.25) is 5.91 Å². The normalized spacial score (nSPS) is 15.8. The highest BCUT2D eigenvalue weighted by Gasteiger charge is 2.25. The summed E-state index contributed by atoms with van der Waals surface area (Å²) in [4.78, 5) is 20.7. The highest BCUT2D eigenvalue weighted by Crippen LogP contribution is 2.19. The number of piperazine rings is 1. The third-order valence-corrected chi connectivity index (χ3v) is 4.46. The Labute approximate surface area is 148 Å². The zero-order valence-electron chi connectivity index (χ0n) is 13.6. The molecule has 0 saturated carbocycles. The number of pyridine rings is 1. The summed E-state index contributed by atoms with van der Waals surface area (Å²) in [5, 5.41) is 0. The fourth-order valence-corrected chi connectivity index (χ4v) is 2.95. The van der Waals surface area contributed by atoms with Crippen molar-refractivity contribution in [2.24, 2.45) is 5.73 Å². The number of carbonyl (C=O) groups excluding carboxylic acids is 1. The Hall–Kier alpha value is -1.18. The SMILES string of the molecule is COc1ccnc(N2CCN(C(=O)[C@@H](N)CCSC)CC2)c1.Cl. The van der Waals surface area contributed by atoms with E-state index in [0.717, 1.165) is 36.8 Å². The van der Waals surface area contributed by atoms with Gasteiger partial charge >= 0.3 is 0 Å². The first-order chi connectivity index (χ1) is 10.7. The average Bonchev–Trinajstić information content (AvgIpc) is 2.59. The van der Waals surface area contributed by atoms with Gasteiger partial charge < -0.3 is 20.3 Å². The molecule has 2 rings (SSSR count). The molecule has 1 aromatic rings. The zero-order chi connectivity index (χ0) is 15.9. The standard InChI is InChI=1S/C15H24N4O2S.ClH/c1-21-12-3-5-17-14(11-12)18-6-8-19(9-7-18)15(20)13(16)4-10-22-2;/h3,5,11,13H,4,6-10,16H2,1-2H3;1H/t13-;/m0./s1. The summed E-state index contributed by atoms with van der Waals surface area (Å²) in [5.41, 5.74) is 5.97. The number of halogens is 1. The van der Waals surface area contributed by atoms with Crippen LogP contribution in [0.3, 0.4) is 0 Å². The number of ether oxygens (including phenoxy) is 1. The Kier molecular flexibility index (Phi) is 8.51. The van der Waals surface area contributed by atoms with Gasteiger partial charge in [0.25, 0.3) is 0 Å². The van der Waals surface area contributed by atoms with Crippen molar-refractivity contribution in [3.63, 3.8) is 0 Å². The lowest BCUT2D eigenvalue weighted by molar-refractivity contribution is -0.132. The molecule has 8 heteroatoms. The van der Waals surface area contributed by atoms with Gasteiger partial charge in [0.1, 0.15) is 11.6 Å². The largest absolute Gasteiger partial charge is 0.497 e. The van der Waals surface area contributed by atoms with Crippen molar-refractivity contribution in [1.29, 1.82) is 0 Å². The Balaban J connectivity index is 0.00000264. The molecule has 1 aromatic heterocycles. The molecule has 1 aliphatic rings. The number of nitrogens with zero attached hydrogens (tertiary/aromatic N) is 3. The number of thioether (sulfide) groups is 1. The fourth-order valence-electron chi connectivity index (χ4n) is 2.46. The van der Waals surface area contributed by atoms with Crippen molar-refractivity contribution in [3.8, 4) is 5.75 Å². The first kappa shape index (κ1) is 19.9. The minimum Gasteiger partial charge on any atom is -0.497 e. The first-order valence-electron chi connectivity index (χ1n) is 7.44. The van der Waals surface area contributed by atoms with Gasteiger partial charge in [-0.1, -0.05) is 0 Å². The van der Waals surface area contributed by atoms with Crippen molar-refractivity contribution in [2.75, 3.05) is 50.2 Å². The zero-order valence-corrected chi connectivity index (χ0v) is 15.2. The van der Waals surface area contributed by atoms with E-state index in [2.05, 4.69) is 9.88 Å². The molecular formula is C15H25ClN4O2S. The summed E-state index contributed by atoms with van der Waals surface area (Å²) in [7, 11) is 1.64. The molecule has 0 bridgehead atoms. The van der Waals surface area contributed by atoms with Gasteiger partial charge in [0, 0.05) is 38.4 Å². The Morgan fingerprint density at radius 2 is 2.13 bits per heavy atom. The van der Waals surface area contributed by atoms with Gasteiger partial charge in [0.05, 0.1) is 13.2 Å². The lowest BCUT2D eigenvalue weighted by Gasteiger charge is -2.36. The molecule has 0 radical (unpaired) electrons. The molecule has 1 fully saturated rings.